The fraction of sp³-hybridized carbons (Fsp3) is 0.200. The fourth-order valence-electron chi connectivity index (χ4n) is 0.947. The maximum absolute atomic E-state index is 5.60. The van der Waals surface area contributed by atoms with E-state index in [0.29, 0.717) is 5.75 Å². The topological polar surface area (TPSA) is 12.5 Å². The van der Waals surface area contributed by atoms with Crippen molar-refractivity contribution in [3.63, 3.8) is 0 Å². The number of nitrogens with zero attached hydrogens (tertiary/aromatic N) is 1. The Morgan fingerprint density at radius 2 is 1.86 bits per heavy atom. The first-order valence-corrected chi connectivity index (χ1v) is 4.86. The molecule has 0 amide bonds. The zero-order valence-electron chi connectivity index (χ0n) is 8.00. The monoisotopic (exact) mass is 231 g/mol. The Morgan fingerprint density at radius 3 is 2.29 bits per heavy atom. The molecule has 0 aliphatic heterocycles. The molecule has 14 heavy (non-hydrogen) atoms. The zero-order chi connectivity index (χ0) is 10.6. The third kappa shape index (κ3) is 3.13. The van der Waals surface area contributed by atoms with Crippen molar-refractivity contribution in [2.24, 2.45) is 0 Å². The summed E-state index contributed by atoms with van der Waals surface area (Å²) >= 11 is 11.0. The Balaban J connectivity index is 2.74. The molecule has 0 aliphatic carbocycles. The summed E-state index contributed by atoms with van der Waals surface area (Å²) in [4.78, 5) is 2.00. The molecule has 0 bridgehead atoms. The normalized spacial score (nSPS) is 11.3. The van der Waals surface area contributed by atoms with Crippen molar-refractivity contribution in [2.45, 2.75) is 0 Å². The van der Waals surface area contributed by atoms with E-state index in [1.807, 2.05) is 43.3 Å². The summed E-state index contributed by atoms with van der Waals surface area (Å²) in [5.41, 5.74) is 2.28. The molecule has 0 fully saturated rings. The average molecular weight is 232 g/mol. The Labute approximate surface area is 93.7 Å². The number of anilines is 1. The summed E-state index contributed by atoms with van der Waals surface area (Å²) in [5, 5.41) is 0.157. The Morgan fingerprint density at radius 1 is 1.29 bits per heavy atom. The van der Waals surface area contributed by atoms with Crippen LogP contribution in [-0.4, -0.2) is 14.1 Å². The molecule has 0 heterocycles. The highest BCUT2D eigenvalue weighted by Gasteiger charge is 1.98. The van der Waals surface area contributed by atoms with Gasteiger partial charge in [0, 0.05) is 19.8 Å². The largest absolute Gasteiger partial charge is 0.444 e. The van der Waals surface area contributed by atoms with Crippen molar-refractivity contribution in [1.82, 2.24) is 0 Å². The first kappa shape index (κ1) is 11.2. The minimum absolute atomic E-state index is 0.157. The van der Waals surface area contributed by atoms with Crippen molar-refractivity contribution >= 4 is 28.9 Å². The minimum Gasteiger partial charge on any atom is -0.444 e. The first-order chi connectivity index (χ1) is 6.63. The highest BCUT2D eigenvalue weighted by molar-refractivity contribution is 6.35. The van der Waals surface area contributed by atoms with E-state index in [4.69, 9.17) is 27.9 Å². The number of halogens is 2. The standard InChI is InChI=1S/C10H11Cl2NO/c1-13(2)8-3-5-9(6-4-8)14-10(12)7-11/h3-7H,1-2H3/b10-7+. The molecule has 0 aromatic heterocycles. The number of hydrogen-bond acceptors (Lipinski definition) is 2. The van der Waals surface area contributed by atoms with E-state index < -0.39 is 0 Å². The van der Waals surface area contributed by atoms with Crippen molar-refractivity contribution in [3.05, 3.63) is 35.0 Å². The number of benzene rings is 1. The molecule has 0 spiro atoms. The van der Waals surface area contributed by atoms with Gasteiger partial charge in [-0.2, -0.15) is 0 Å². The summed E-state index contributed by atoms with van der Waals surface area (Å²) in [6.45, 7) is 0. The third-order valence-electron chi connectivity index (χ3n) is 1.65. The SMILES string of the molecule is CN(C)c1ccc(O/C(Cl)=C/Cl)cc1. The molecule has 0 unspecified atom stereocenters. The van der Waals surface area contributed by atoms with Gasteiger partial charge in [-0.05, 0) is 35.9 Å². The lowest BCUT2D eigenvalue weighted by molar-refractivity contribution is 0.464. The molecule has 1 aromatic rings. The van der Waals surface area contributed by atoms with Gasteiger partial charge in [0.25, 0.3) is 0 Å². The van der Waals surface area contributed by atoms with Crippen molar-refractivity contribution < 1.29 is 4.74 Å². The second kappa shape index (κ2) is 5.13. The van der Waals surface area contributed by atoms with Gasteiger partial charge in [0.15, 0.2) is 0 Å². The van der Waals surface area contributed by atoms with Gasteiger partial charge in [-0.25, -0.2) is 0 Å². The van der Waals surface area contributed by atoms with Gasteiger partial charge in [0.05, 0.1) is 5.54 Å². The van der Waals surface area contributed by atoms with Gasteiger partial charge in [0.1, 0.15) is 5.75 Å². The average Bonchev–Trinajstić information content (AvgIpc) is 2.18. The summed E-state index contributed by atoms with van der Waals surface area (Å²) < 4.78 is 5.17. The Kier molecular flexibility index (Phi) is 4.11. The highest BCUT2D eigenvalue weighted by atomic mass is 35.5. The van der Waals surface area contributed by atoms with Crippen LogP contribution >= 0.6 is 23.2 Å². The van der Waals surface area contributed by atoms with Crippen LogP contribution in [0.5, 0.6) is 5.75 Å². The van der Waals surface area contributed by atoms with E-state index in [0.717, 1.165) is 5.69 Å². The van der Waals surface area contributed by atoms with Crippen LogP contribution in [-0.2, 0) is 0 Å². The predicted molar refractivity (Wildman–Crippen MR) is 61.2 cm³/mol. The summed E-state index contributed by atoms with van der Waals surface area (Å²) in [7, 11) is 3.95. The van der Waals surface area contributed by atoms with E-state index in [1.165, 1.54) is 5.54 Å². The second-order valence-electron chi connectivity index (χ2n) is 2.90. The van der Waals surface area contributed by atoms with Crippen LogP contribution in [0.1, 0.15) is 0 Å². The van der Waals surface area contributed by atoms with E-state index in [2.05, 4.69) is 0 Å². The van der Waals surface area contributed by atoms with E-state index in [9.17, 15) is 0 Å². The van der Waals surface area contributed by atoms with Crippen LogP contribution in [0, 0.1) is 0 Å². The molecule has 4 heteroatoms. The molecule has 1 aromatic carbocycles. The van der Waals surface area contributed by atoms with Gasteiger partial charge < -0.3 is 9.64 Å². The van der Waals surface area contributed by atoms with Crippen molar-refractivity contribution in [2.75, 3.05) is 19.0 Å². The summed E-state index contributed by atoms with van der Waals surface area (Å²) in [5.74, 6) is 0.664. The lowest BCUT2D eigenvalue weighted by Crippen LogP contribution is -2.07. The van der Waals surface area contributed by atoms with Crippen molar-refractivity contribution in [3.8, 4) is 5.75 Å². The number of ether oxygens (including phenoxy) is 1. The highest BCUT2D eigenvalue weighted by Crippen LogP contribution is 2.20. The van der Waals surface area contributed by atoms with Gasteiger partial charge >= 0.3 is 0 Å². The van der Waals surface area contributed by atoms with Gasteiger partial charge in [-0.1, -0.05) is 11.6 Å². The lowest BCUT2D eigenvalue weighted by Gasteiger charge is -2.12. The predicted octanol–water partition coefficient (Wildman–Crippen LogP) is 3.41. The molecule has 1 rings (SSSR count). The van der Waals surface area contributed by atoms with Gasteiger partial charge in [-0.15, -0.1) is 0 Å². The summed E-state index contributed by atoms with van der Waals surface area (Å²) in [6, 6.07) is 7.54. The number of rotatable bonds is 3. The van der Waals surface area contributed by atoms with Crippen LogP contribution in [0.25, 0.3) is 0 Å². The zero-order valence-corrected chi connectivity index (χ0v) is 9.51. The first-order valence-electron chi connectivity index (χ1n) is 4.04. The molecule has 0 radical (unpaired) electrons. The van der Waals surface area contributed by atoms with Gasteiger partial charge in [0.2, 0.25) is 5.22 Å². The van der Waals surface area contributed by atoms with E-state index in [1.54, 1.807) is 0 Å². The van der Waals surface area contributed by atoms with Crippen LogP contribution < -0.4 is 9.64 Å². The molecule has 2 nitrogen and oxygen atoms in total. The molecular weight excluding hydrogens is 221 g/mol. The van der Waals surface area contributed by atoms with Gasteiger partial charge in [-0.3, -0.25) is 0 Å². The Bertz CT molecular complexity index is 319. The molecule has 76 valence electrons. The minimum atomic E-state index is 0.157. The lowest BCUT2D eigenvalue weighted by atomic mass is 10.3. The molecule has 0 atom stereocenters. The fourth-order valence-corrected chi connectivity index (χ4v) is 1.08. The second-order valence-corrected chi connectivity index (χ2v) is 3.49. The van der Waals surface area contributed by atoms with Crippen LogP contribution in [0.4, 0.5) is 5.69 Å². The Hall–Kier alpha value is -0.860. The summed E-state index contributed by atoms with van der Waals surface area (Å²) in [6.07, 6.45) is 0. The van der Waals surface area contributed by atoms with E-state index in [-0.39, 0.29) is 5.22 Å². The van der Waals surface area contributed by atoms with E-state index >= 15 is 0 Å². The smallest absolute Gasteiger partial charge is 0.205 e. The van der Waals surface area contributed by atoms with Crippen molar-refractivity contribution in [1.29, 1.82) is 0 Å². The maximum atomic E-state index is 5.60. The molecule has 0 N–H and O–H groups in total. The van der Waals surface area contributed by atoms with Crippen LogP contribution in [0.2, 0.25) is 0 Å². The molecule has 0 saturated heterocycles. The quantitative estimate of drug-likeness (QED) is 0.740. The maximum Gasteiger partial charge on any atom is 0.205 e. The van der Waals surface area contributed by atoms with Crippen LogP contribution in [0.15, 0.2) is 35.0 Å². The number of hydrogen-bond donors (Lipinski definition) is 0. The molecule has 0 aliphatic rings. The third-order valence-corrected chi connectivity index (χ3v) is 2.15. The van der Waals surface area contributed by atoms with Crippen LogP contribution in [0.3, 0.4) is 0 Å². The molecular formula is C10H11Cl2NO. The molecule has 0 saturated carbocycles.